The van der Waals surface area contributed by atoms with E-state index >= 15 is 0 Å². The normalized spacial score (nSPS) is 21.5. The zero-order valence-electron chi connectivity index (χ0n) is 12.9. The number of amidine groups is 1. The van der Waals surface area contributed by atoms with E-state index in [0.717, 1.165) is 31.7 Å². The first-order valence-corrected chi connectivity index (χ1v) is 7.12. The van der Waals surface area contributed by atoms with E-state index in [9.17, 15) is 0 Å². The van der Waals surface area contributed by atoms with Gasteiger partial charge < -0.3 is 20.6 Å². The van der Waals surface area contributed by atoms with Crippen LogP contribution in [0.5, 0.6) is 5.75 Å². The molecule has 0 spiro atoms. The highest BCUT2D eigenvalue weighted by molar-refractivity contribution is 5.99. The van der Waals surface area contributed by atoms with Crippen LogP contribution in [0.3, 0.4) is 0 Å². The van der Waals surface area contributed by atoms with Gasteiger partial charge in [-0.1, -0.05) is 11.2 Å². The second-order valence-electron chi connectivity index (χ2n) is 5.58. The van der Waals surface area contributed by atoms with Crippen LogP contribution in [0.25, 0.3) is 0 Å². The van der Waals surface area contributed by atoms with Gasteiger partial charge in [0.05, 0.1) is 12.7 Å². The maximum absolute atomic E-state index is 8.79. The molecule has 1 atom stereocenters. The molecule has 1 aliphatic rings. The third-order valence-corrected chi connectivity index (χ3v) is 4.10. The lowest BCUT2D eigenvalue weighted by atomic mass is 10.1. The Kier molecular flexibility index (Phi) is 5.03. The number of piperazine rings is 1. The number of rotatable bonds is 4. The van der Waals surface area contributed by atoms with Crippen molar-refractivity contribution in [2.75, 3.05) is 33.8 Å². The zero-order valence-corrected chi connectivity index (χ0v) is 12.9. The molecule has 1 saturated heterocycles. The van der Waals surface area contributed by atoms with Gasteiger partial charge in [0, 0.05) is 32.2 Å². The quantitative estimate of drug-likeness (QED) is 0.374. The van der Waals surface area contributed by atoms with Gasteiger partial charge in [0.25, 0.3) is 0 Å². The van der Waals surface area contributed by atoms with E-state index < -0.39 is 0 Å². The molecule has 1 heterocycles. The maximum atomic E-state index is 8.79. The van der Waals surface area contributed by atoms with Crippen molar-refractivity contribution in [2.24, 2.45) is 10.9 Å². The van der Waals surface area contributed by atoms with E-state index in [0.29, 0.717) is 17.4 Å². The number of benzene rings is 1. The van der Waals surface area contributed by atoms with Gasteiger partial charge in [-0.25, -0.2) is 0 Å². The lowest BCUT2D eigenvalue weighted by Gasteiger charge is -2.37. The molecule has 0 bridgehead atoms. The minimum absolute atomic E-state index is 0.0617. The highest BCUT2D eigenvalue weighted by atomic mass is 16.5. The Hall–Kier alpha value is -1.79. The molecule has 116 valence electrons. The van der Waals surface area contributed by atoms with Gasteiger partial charge in [0.1, 0.15) is 5.75 Å². The molecule has 1 aromatic rings. The standard InChI is InChI=1S/C15H24N4O2/c1-11-9-19(7-6-18(11)2)10-12-4-5-13(15(16)17-20)14(8-12)21-3/h4-5,8,11,20H,6-7,9-10H2,1-3H3,(H2,16,17). The first kappa shape index (κ1) is 15.6. The molecule has 0 radical (unpaired) electrons. The number of nitrogens with two attached hydrogens (primary N) is 1. The van der Waals surface area contributed by atoms with Crippen LogP contribution in [-0.4, -0.2) is 60.7 Å². The van der Waals surface area contributed by atoms with Crippen molar-refractivity contribution >= 4 is 5.84 Å². The molecule has 6 nitrogen and oxygen atoms in total. The number of nitrogens with zero attached hydrogens (tertiary/aromatic N) is 3. The Morgan fingerprint density at radius 1 is 1.48 bits per heavy atom. The van der Waals surface area contributed by atoms with Crippen LogP contribution in [0, 0.1) is 0 Å². The molecule has 1 aromatic carbocycles. The lowest BCUT2D eigenvalue weighted by Crippen LogP contribution is -2.49. The predicted molar refractivity (Wildman–Crippen MR) is 82.9 cm³/mol. The van der Waals surface area contributed by atoms with Crippen LogP contribution < -0.4 is 10.5 Å². The van der Waals surface area contributed by atoms with Crippen molar-refractivity contribution in [1.82, 2.24) is 9.80 Å². The van der Waals surface area contributed by atoms with Crippen LogP contribution in [0.4, 0.5) is 0 Å². The van der Waals surface area contributed by atoms with Gasteiger partial charge in [-0.2, -0.15) is 0 Å². The van der Waals surface area contributed by atoms with E-state index in [1.807, 2.05) is 18.2 Å². The molecule has 1 unspecified atom stereocenters. The molecule has 3 N–H and O–H groups in total. The Bertz CT molecular complexity index is 518. The summed E-state index contributed by atoms with van der Waals surface area (Å²) in [5.41, 5.74) is 7.41. The number of methoxy groups -OCH3 is 1. The summed E-state index contributed by atoms with van der Waals surface area (Å²) in [6.45, 7) is 6.33. The van der Waals surface area contributed by atoms with Crippen LogP contribution in [-0.2, 0) is 6.54 Å². The molecular weight excluding hydrogens is 268 g/mol. The van der Waals surface area contributed by atoms with Gasteiger partial charge in [-0.3, -0.25) is 4.90 Å². The molecule has 6 heteroatoms. The molecule has 0 aliphatic carbocycles. The summed E-state index contributed by atoms with van der Waals surface area (Å²) in [7, 11) is 3.75. The topological polar surface area (TPSA) is 74.3 Å². The van der Waals surface area contributed by atoms with Crippen LogP contribution in [0.1, 0.15) is 18.1 Å². The lowest BCUT2D eigenvalue weighted by molar-refractivity contribution is 0.0999. The molecule has 21 heavy (non-hydrogen) atoms. The van der Waals surface area contributed by atoms with Crippen LogP contribution in [0.15, 0.2) is 23.4 Å². The van der Waals surface area contributed by atoms with E-state index in [-0.39, 0.29) is 5.84 Å². The monoisotopic (exact) mass is 292 g/mol. The van der Waals surface area contributed by atoms with E-state index in [2.05, 4.69) is 28.9 Å². The van der Waals surface area contributed by atoms with Gasteiger partial charge in [0.2, 0.25) is 0 Å². The van der Waals surface area contributed by atoms with Crippen molar-refractivity contribution in [2.45, 2.75) is 19.5 Å². The fraction of sp³-hybridized carbons (Fsp3) is 0.533. The van der Waals surface area contributed by atoms with Gasteiger partial charge >= 0.3 is 0 Å². The van der Waals surface area contributed by atoms with Crippen LogP contribution in [0.2, 0.25) is 0 Å². The summed E-state index contributed by atoms with van der Waals surface area (Å²) >= 11 is 0. The molecule has 1 fully saturated rings. The number of oxime groups is 1. The highest BCUT2D eigenvalue weighted by Crippen LogP contribution is 2.21. The summed E-state index contributed by atoms with van der Waals surface area (Å²) in [5.74, 6) is 0.691. The van der Waals surface area contributed by atoms with Gasteiger partial charge in [-0.05, 0) is 31.7 Å². The highest BCUT2D eigenvalue weighted by Gasteiger charge is 2.20. The first-order valence-electron chi connectivity index (χ1n) is 7.12. The number of likely N-dealkylation sites (N-methyl/N-ethyl adjacent to an activating group) is 1. The van der Waals surface area contributed by atoms with Crippen LogP contribution >= 0.6 is 0 Å². The van der Waals surface area contributed by atoms with Gasteiger partial charge in [0.15, 0.2) is 5.84 Å². The zero-order chi connectivity index (χ0) is 15.4. The smallest absolute Gasteiger partial charge is 0.173 e. The van der Waals surface area contributed by atoms with E-state index in [1.54, 1.807) is 7.11 Å². The average molecular weight is 292 g/mol. The Balaban J connectivity index is 2.11. The molecule has 1 aliphatic heterocycles. The third-order valence-electron chi connectivity index (χ3n) is 4.10. The summed E-state index contributed by atoms with van der Waals surface area (Å²) < 4.78 is 5.34. The maximum Gasteiger partial charge on any atom is 0.173 e. The molecule has 0 aromatic heterocycles. The van der Waals surface area contributed by atoms with Gasteiger partial charge in [-0.15, -0.1) is 0 Å². The van der Waals surface area contributed by atoms with Crippen molar-refractivity contribution in [3.8, 4) is 5.75 Å². The number of hydrogen-bond donors (Lipinski definition) is 2. The van der Waals surface area contributed by atoms with Crippen molar-refractivity contribution in [3.05, 3.63) is 29.3 Å². The van der Waals surface area contributed by atoms with E-state index in [4.69, 9.17) is 15.7 Å². The molecular formula is C15H24N4O2. The summed E-state index contributed by atoms with van der Waals surface area (Å²) in [5, 5.41) is 11.8. The van der Waals surface area contributed by atoms with Crippen molar-refractivity contribution in [3.63, 3.8) is 0 Å². The average Bonchev–Trinajstić information content (AvgIpc) is 2.50. The largest absolute Gasteiger partial charge is 0.496 e. The number of ether oxygens (including phenoxy) is 1. The predicted octanol–water partition coefficient (Wildman–Crippen LogP) is 0.926. The summed E-state index contributed by atoms with van der Waals surface area (Å²) in [6.07, 6.45) is 0. The molecule has 2 rings (SSSR count). The summed E-state index contributed by atoms with van der Waals surface area (Å²) in [6, 6.07) is 6.36. The fourth-order valence-corrected chi connectivity index (χ4v) is 2.63. The SMILES string of the molecule is COc1cc(CN2CCN(C)C(C)C2)ccc1/C(N)=N/O. The van der Waals surface area contributed by atoms with Crippen molar-refractivity contribution < 1.29 is 9.94 Å². The Labute approximate surface area is 125 Å². The minimum atomic E-state index is 0.0617. The second-order valence-corrected chi connectivity index (χ2v) is 5.58. The second kappa shape index (κ2) is 6.78. The third kappa shape index (κ3) is 3.65. The first-order chi connectivity index (χ1) is 10.0. The Morgan fingerprint density at radius 3 is 2.86 bits per heavy atom. The summed E-state index contributed by atoms with van der Waals surface area (Å²) in [4.78, 5) is 4.81. The van der Waals surface area contributed by atoms with Crippen molar-refractivity contribution in [1.29, 1.82) is 0 Å². The molecule has 0 amide bonds. The number of hydrogen-bond acceptors (Lipinski definition) is 5. The minimum Gasteiger partial charge on any atom is -0.496 e. The Morgan fingerprint density at radius 2 is 2.24 bits per heavy atom. The molecule has 0 saturated carbocycles. The van der Waals surface area contributed by atoms with E-state index in [1.165, 1.54) is 0 Å². The fourth-order valence-electron chi connectivity index (χ4n) is 2.63.